The molecular formula is C13H9ClFNO2. The number of aromatic carboxylic acids is 1. The Morgan fingerprint density at radius 1 is 1.33 bits per heavy atom. The zero-order valence-electron chi connectivity index (χ0n) is 9.23. The molecule has 0 fully saturated rings. The molecule has 1 aromatic heterocycles. The third kappa shape index (κ3) is 2.84. The van der Waals surface area contributed by atoms with Crippen molar-refractivity contribution in [3.63, 3.8) is 0 Å². The number of hydrogen-bond donors (Lipinski definition) is 1. The normalized spacial score (nSPS) is 10.3. The molecule has 0 spiro atoms. The van der Waals surface area contributed by atoms with Gasteiger partial charge in [0.2, 0.25) is 0 Å². The number of pyridine rings is 1. The summed E-state index contributed by atoms with van der Waals surface area (Å²) in [6.45, 7) is 0. The molecule has 5 heteroatoms. The van der Waals surface area contributed by atoms with Crippen LogP contribution < -0.4 is 0 Å². The van der Waals surface area contributed by atoms with Crippen molar-refractivity contribution in [2.75, 3.05) is 0 Å². The molecule has 0 aliphatic carbocycles. The number of aromatic nitrogens is 1. The number of nitrogens with zero attached hydrogens (tertiary/aromatic N) is 1. The van der Waals surface area contributed by atoms with E-state index in [2.05, 4.69) is 4.98 Å². The molecular weight excluding hydrogens is 257 g/mol. The maximum absolute atomic E-state index is 13.6. The zero-order valence-corrected chi connectivity index (χ0v) is 9.99. The van der Waals surface area contributed by atoms with E-state index in [1.54, 1.807) is 24.3 Å². The summed E-state index contributed by atoms with van der Waals surface area (Å²) in [6.07, 6.45) is 0.226. The summed E-state index contributed by atoms with van der Waals surface area (Å²) in [5, 5.41) is 9.13. The molecule has 3 nitrogen and oxygen atoms in total. The summed E-state index contributed by atoms with van der Waals surface area (Å²) in [6, 6.07) is 9.00. The Bertz CT molecular complexity index is 601. The molecule has 2 rings (SSSR count). The van der Waals surface area contributed by atoms with Gasteiger partial charge < -0.3 is 5.11 Å². The van der Waals surface area contributed by atoms with Gasteiger partial charge in [-0.15, -0.1) is 0 Å². The average Bonchev–Trinajstić information content (AvgIpc) is 2.33. The second-order valence-electron chi connectivity index (χ2n) is 3.73. The number of benzene rings is 1. The minimum atomic E-state index is -1.10. The highest BCUT2D eigenvalue weighted by Crippen LogP contribution is 2.17. The van der Waals surface area contributed by atoms with Gasteiger partial charge in [-0.25, -0.2) is 14.2 Å². The first-order valence-electron chi connectivity index (χ1n) is 5.19. The van der Waals surface area contributed by atoms with Gasteiger partial charge in [-0.1, -0.05) is 23.7 Å². The second kappa shape index (κ2) is 5.14. The summed E-state index contributed by atoms with van der Waals surface area (Å²) in [5.74, 6) is -1.53. The van der Waals surface area contributed by atoms with E-state index in [4.69, 9.17) is 16.7 Å². The summed E-state index contributed by atoms with van der Waals surface area (Å²) in [7, 11) is 0. The fourth-order valence-corrected chi connectivity index (χ4v) is 1.72. The van der Waals surface area contributed by atoms with Crippen LogP contribution in [0.3, 0.4) is 0 Å². The van der Waals surface area contributed by atoms with E-state index in [0.717, 1.165) is 0 Å². The van der Waals surface area contributed by atoms with Crippen molar-refractivity contribution in [2.45, 2.75) is 6.42 Å². The maximum Gasteiger partial charge on any atom is 0.354 e. The lowest BCUT2D eigenvalue weighted by molar-refractivity contribution is 0.0690. The molecule has 2 aromatic rings. The highest BCUT2D eigenvalue weighted by atomic mass is 35.5. The Labute approximate surface area is 108 Å². The molecule has 0 aliphatic heterocycles. The van der Waals surface area contributed by atoms with E-state index in [0.29, 0.717) is 16.3 Å². The lowest BCUT2D eigenvalue weighted by Gasteiger charge is -2.04. The Morgan fingerprint density at radius 2 is 2.11 bits per heavy atom. The van der Waals surface area contributed by atoms with Crippen LogP contribution in [0.2, 0.25) is 5.02 Å². The van der Waals surface area contributed by atoms with Gasteiger partial charge in [0.25, 0.3) is 0 Å². The van der Waals surface area contributed by atoms with Crippen LogP contribution in [0.15, 0.2) is 36.4 Å². The van der Waals surface area contributed by atoms with E-state index < -0.39 is 11.8 Å². The predicted molar refractivity (Wildman–Crippen MR) is 65.4 cm³/mol. The topological polar surface area (TPSA) is 50.2 Å². The Morgan fingerprint density at radius 3 is 2.78 bits per heavy atom. The van der Waals surface area contributed by atoms with Gasteiger partial charge >= 0.3 is 5.97 Å². The zero-order chi connectivity index (χ0) is 13.1. The lowest BCUT2D eigenvalue weighted by Crippen LogP contribution is -2.03. The van der Waals surface area contributed by atoms with Crippen LogP contribution >= 0.6 is 11.6 Å². The molecule has 0 aliphatic rings. The van der Waals surface area contributed by atoms with Gasteiger partial charge in [0.05, 0.1) is 0 Å². The van der Waals surface area contributed by atoms with Gasteiger partial charge in [-0.3, -0.25) is 0 Å². The van der Waals surface area contributed by atoms with Crippen molar-refractivity contribution >= 4 is 17.6 Å². The van der Waals surface area contributed by atoms with Crippen LogP contribution in [-0.2, 0) is 6.42 Å². The fourth-order valence-electron chi connectivity index (χ4n) is 1.56. The first-order chi connectivity index (χ1) is 8.56. The van der Waals surface area contributed by atoms with Crippen molar-refractivity contribution in [2.24, 2.45) is 0 Å². The molecule has 18 heavy (non-hydrogen) atoms. The largest absolute Gasteiger partial charge is 0.477 e. The van der Waals surface area contributed by atoms with Crippen molar-refractivity contribution in [1.82, 2.24) is 4.98 Å². The summed E-state index contributed by atoms with van der Waals surface area (Å²) < 4.78 is 13.6. The van der Waals surface area contributed by atoms with Crippen LogP contribution in [0.4, 0.5) is 4.39 Å². The van der Waals surface area contributed by atoms with Gasteiger partial charge in [-0.2, -0.15) is 0 Å². The molecule has 0 saturated carbocycles. The van der Waals surface area contributed by atoms with E-state index in [-0.39, 0.29) is 12.1 Å². The van der Waals surface area contributed by atoms with Crippen LogP contribution in [-0.4, -0.2) is 16.1 Å². The fraction of sp³-hybridized carbons (Fsp3) is 0.0769. The molecule has 0 bridgehead atoms. The van der Waals surface area contributed by atoms with E-state index in [1.807, 2.05) is 0 Å². The van der Waals surface area contributed by atoms with Crippen LogP contribution in [0.25, 0.3) is 0 Å². The summed E-state index contributed by atoms with van der Waals surface area (Å²) in [5.41, 5.74) is 0.868. The molecule has 1 N–H and O–H groups in total. The molecule has 0 atom stereocenters. The minimum Gasteiger partial charge on any atom is -0.477 e. The second-order valence-corrected chi connectivity index (χ2v) is 4.17. The van der Waals surface area contributed by atoms with E-state index >= 15 is 0 Å². The molecule has 92 valence electrons. The van der Waals surface area contributed by atoms with Gasteiger partial charge in [0, 0.05) is 17.1 Å². The maximum atomic E-state index is 13.6. The predicted octanol–water partition coefficient (Wildman–Crippen LogP) is 3.16. The van der Waals surface area contributed by atoms with Crippen molar-refractivity contribution in [3.8, 4) is 0 Å². The number of carboxylic acid groups (broad SMARTS) is 1. The first-order valence-corrected chi connectivity index (χ1v) is 5.57. The van der Waals surface area contributed by atoms with Crippen LogP contribution in [0, 0.1) is 5.82 Å². The van der Waals surface area contributed by atoms with Gasteiger partial charge in [0.1, 0.15) is 11.5 Å². The third-order valence-electron chi connectivity index (χ3n) is 2.41. The number of carbonyl (C=O) groups is 1. The average molecular weight is 266 g/mol. The van der Waals surface area contributed by atoms with Crippen molar-refractivity contribution < 1.29 is 14.3 Å². The molecule has 0 amide bonds. The lowest BCUT2D eigenvalue weighted by atomic mass is 10.1. The third-order valence-corrected chi connectivity index (χ3v) is 2.65. The highest BCUT2D eigenvalue weighted by Gasteiger charge is 2.08. The monoisotopic (exact) mass is 265 g/mol. The Hall–Kier alpha value is -1.94. The summed E-state index contributed by atoms with van der Waals surface area (Å²) in [4.78, 5) is 14.7. The highest BCUT2D eigenvalue weighted by molar-refractivity contribution is 6.30. The van der Waals surface area contributed by atoms with E-state index in [9.17, 15) is 9.18 Å². The van der Waals surface area contributed by atoms with Gasteiger partial charge in [0.15, 0.2) is 0 Å². The first kappa shape index (κ1) is 12.5. The standard InChI is InChI=1S/C13H9ClFNO2/c14-9-5-4-8(11(15)7-9)6-10-2-1-3-12(16-10)13(17)18/h1-5,7H,6H2,(H,17,18). The Balaban J connectivity index is 2.28. The number of carboxylic acids is 1. The molecule has 0 saturated heterocycles. The quantitative estimate of drug-likeness (QED) is 0.927. The minimum absolute atomic E-state index is 0.0538. The number of rotatable bonds is 3. The Kier molecular flexibility index (Phi) is 3.58. The smallest absolute Gasteiger partial charge is 0.354 e. The molecule has 1 aromatic carbocycles. The number of hydrogen-bond acceptors (Lipinski definition) is 2. The molecule has 1 heterocycles. The van der Waals surface area contributed by atoms with Crippen LogP contribution in [0.5, 0.6) is 0 Å². The van der Waals surface area contributed by atoms with Crippen molar-refractivity contribution in [1.29, 1.82) is 0 Å². The number of halogens is 2. The van der Waals surface area contributed by atoms with Crippen LogP contribution in [0.1, 0.15) is 21.7 Å². The SMILES string of the molecule is O=C(O)c1cccc(Cc2ccc(Cl)cc2F)n1. The van der Waals surface area contributed by atoms with Crippen molar-refractivity contribution in [3.05, 3.63) is 64.2 Å². The van der Waals surface area contributed by atoms with E-state index in [1.165, 1.54) is 12.1 Å². The van der Waals surface area contributed by atoms with Gasteiger partial charge in [-0.05, 0) is 29.8 Å². The molecule has 0 radical (unpaired) electrons. The summed E-state index contributed by atoms with van der Waals surface area (Å²) >= 11 is 5.65. The molecule has 0 unspecified atom stereocenters.